The van der Waals surface area contributed by atoms with Crippen LogP contribution in [-0.2, 0) is 61.0 Å². The molecule has 7 aliphatic rings. The molecular formula is C60H100O14Si2. The molecule has 6 aliphatic heterocycles. The van der Waals surface area contributed by atoms with Gasteiger partial charge < -0.3 is 61.3 Å². The van der Waals surface area contributed by atoms with Gasteiger partial charge in [-0.2, -0.15) is 0 Å². The number of hydrogen-bond acceptors (Lipinski definition) is 14. The third-order valence-corrected chi connectivity index (χ3v) is 27.8. The monoisotopic (exact) mass is 1100 g/mol. The molecule has 4 saturated heterocycles. The Labute approximate surface area is 459 Å². The predicted molar refractivity (Wildman–Crippen MR) is 299 cm³/mol. The van der Waals surface area contributed by atoms with Crippen molar-refractivity contribution < 1.29 is 66.1 Å². The Morgan fingerprint density at radius 3 is 2.00 bits per heavy atom. The van der Waals surface area contributed by atoms with Crippen molar-refractivity contribution in [2.75, 3.05) is 20.8 Å². The molecule has 1 N–H and O–H groups in total. The molecule has 0 aromatic rings. The minimum atomic E-state index is -2.38. The summed E-state index contributed by atoms with van der Waals surface area (Å²) >= 11 is 0. The fraction of sp³-hybridized carbons (Fsp3) is 0.817. The molecule has 2 bridgehead atoms. The minimum Gasteiger partial charge on any atom is -0.462 e. The molecular weight excluding hydrogens is 1000 g/mol. The fourth-order valence-corrected chi connectivity index (χ4v) is 14.5. The number of methoxy groups -OCH3 is 2. The van der Waals surface area contributed by atoms with E-state index in [2.05, 4.69) is 121 Å². The SMILES string of the molecule is CC[C@H](C)[C@H]1O[C@]2(C=C[C@@H]1C)C[C@@H]1C[C@@H](C/C=C(\C)[C@H](O[C@@H]3C[C@H](OC)[C@@H](O[C@H]4C[C@H](OC)[C@@H](O[Si](C)(C)C(C)(C)C)[C@H](C)O4)[C@H](C)O3)[C@@H](C)/C=C/C=C3\CO[C@@H]4[C@H](O[Si](C)(C)C(C)(C)C)C(C)=C[C@@H](C(=O)O1)[C@]34O)O2. The number of carbonyl (C=O) groups excluding carboxylic acids is 1. The third-order valence-electron chi connectivity index (χ3n) is 18.9. The quantitative estimate of drug-likeness (QED) is 0.112. The van der Waals surface area contributed by atoms with Crippen LogP contribution in [0.1, 0.15) is 135 Å². The Kier molecular flexibility index (Phi) is 19.4. The van der Waals surface area contributed by atoms with E-state index >= 15 is 0 Å². The second-order valence-corrected chi connectivity index (χ2v) is 36.2. The summed E-state index contributed by atoms with van der Waals surface area (Å²) in [6, 6.07) is 0. The van der Waals surface area contributed by atoms with E-state index in [4.69, 9.17) is 56.2 Å². The van der Waals surface area contributed by atoms with Crippen LogP contribution in [0, 0.1) is 23.7 Å². The van der Waals surface area contributed by atoms with Gasteiger partial charge in [0.25, 0.3) is 0 Å². The van der Waals surface area contributed by atoms with Gasteiger partial charge in [-0.1, -0.05) is 112 Å². The zero-order valence-electron chi connectivity index (χ0n) is 50.1. The second-order valence-electron chi connectivity index (χ2n) is 26.7. The Hall–Kier alpha value is -1.88. The van der Waals surface area contributed by atoms with Gasteiger partial charge >= 0.3 is 5.97 Å². The average Bonchev–Trinajstić information content (AvgIpc) is 3.67. The number of esters is 1. The Balaban J connectivity index is 1.18. The van der Waals surface area contributed by atoms with E-state index in [1.54, 1.807) is 14.2 Å². The van der Waals surface area contributed by atoms with Crippen molar-refractivity contribution in [2.45, 2.75) is 269 Å². The van der Waals surface area contributed by atoms with E-state index in [0.717, 1.165) is 17.6 Å². The fourth-order valence-electron chi connectivity index (χ4n) is 11.9. The first kappa shape index (κ1) is 61.7. The topological polar surface area (TPSA) is 148 Å². The van der Waals surface area contributed by atoms with Crippen LogP contribution in [0.15, 0.2) is 59.3 Å². The smallest absolute Gasteiger partial charge is 0.316 e. The van der Waals surface area contributed by atoms with Crippen LogP contribution >= 0.6 is 0 Å². The molecule has 14 nitrogen and oxygen atoms in total. The molecule has 0 aromatic carbocycles. The molecule has 1 spiro atoms. The number of fused-ring (bicyclic) bond motifs is 2. The van der Waals surface area contributed by atoms with E-state index in [1.165, 1.54) is 0 Å². The highest BCUT2D eigenvalue weighted by Gasteiger charge is 2.62. The highest BCUT2D eigenvalue weighted by atomic mass is 28.4. The summed E-state index contributed by atoms with van der Waals surface area (Å²) in [6.07, 6.45) is 11.4. The average molecular weight is 1100 g/mol. The highest BCUT2D eigenvalue weighted by Crippen LogP contribution is 2.50. The van der Waals surface area contributed by atoms with E-state index < -0.39 is 89.1 Å². The van der Waals surface area contributed by atoms with Crippen molar-refractivity contribution in [3.8, 4) is 0 Å². The largest absolute Gasteiger partial charge is 0.462 e. The van der Waals surface area contributed by atoms with Crippen molar-refractivity contribution in [1.29, 1.82) is 0 Å². The lowest BCUT2D eigenvalue weighted by Gasteiger charge is -2.49. The molecule has 16 heteroatoms. The van der Waals surface area contributed by atoms with Gasteiger partial charge in [-0.3, -0.25) is 4.79 Å². The van der Waals surface area contributed by atoms with Gasteiger partial charge in [-0.15, -0.1) is 0 Å². The molecule has 432 valence electrons. The van der Waals surface area contributed by atoms with Crippen LogP contribution in [-0.4, -0.2) is 146 Å². The highest BCUT2D eigenvalue weighted by molar-refractivity contribution is 6.74. The molecule has 0 radical (unpaired) electrons. The molecule has 76 heavy (non-hydrogen) atoms. The van der Waals surface area contributed by atoms with E-state index in [-0.39, 0.29) is 71.1 Å². The van der Waals surface area contributed by atoms with Crippen LogP contribution in [0.2, 0.25) is 36.3 Å². The van der Waals surface area contributed by atoms with Crippen molar-refractivity contribution in [2.24, 2.45) is 23.7 Å². The van der Waals surface area contributed by atoms with Gasteiger partial charge in [0.1, 0.15) is 29.8 Å². The molecule has 1 aliphatic carbocycles. The Morgan fingerprint density at radius 2 is 1.38 bits per heavy atom. The summed E-state index contributed by atoms with van der Waals surface area (Å²) < 4.78 is 80.6. The zero-order valence-corrected chi connectivity index (χ0v) is 52.1. The maximum atomic E-state index is 14.9. The van der Waals surface area contributed by atoms with Crippen molar-refractivity contribution in [3.05, 3.63) is 59.3 Å². The third kappa shape index (κ3) is 13.1. The summed E-state index contributed by atoms with van der Waals surface area (Å²) in [4.78, 5) is 14.9. The predicted octanol–water partition coefficient (Wildman–Crippen LogP) is 11.4. The summed E-state index contributed by atoms with van der Waals surface area (Å²) in [7, 11) is -1.06. The molecule has 7 rings (SSSR count). The maximum absolute atomic E-state index is 14.9. The van der Waals surface area contributed by atoms with E-state index in [0.29, 0.717) is 37.7 Å². The lowest BCUT2D eigenvalue weighted by Crippen LogP contribution is -2.60. The van der Waals surface area contributed by atoms with E-state index in [1.807, 2.05) is 45.1 Å². The number of ether oxygens (including phenoxy) is 10. The Bertz CT molecular complexity index is 2160. The number of rotatable bonds is 12. The first-order valence-electron chi connectivity index (χ1n) is 28.7. The summed E-state index contributed by atoms with van der Waals surface area (Å²) in [5.74, 6) is -2.39. The van der Waals surface area contributed by atoms with Crippen molar-refractivity contribution in [3.63, 3.8) is 0 Å². The molecule has 6 heterocycles. The first-order valence-corrected chi connectivity index (χ1v) is 34.5. The number of aliphatic hydroxyl groups is 1. The van der Waals surface area contributed by atoms with Gasteiger partial charge in [0.05, 0.1) is 61.5 Å². The lowest BCUT2D eigenvalue weighted by molar-refractivity contribution is -0.317. The summed E-state index contributed by atoms with van der Waals surface area (Å²) in [5, 5.41) is 13.2. The minimum absolute atomic E-state index is 0.0368. The lowest BCUT2D eigenvalue weighted by atomic mass is 9.71. The van der Waals surface area contributed by atoms with Gasteiger partial charge in [0.2, 0.25) is 0 Å². The number of carbonyl (C=O) groups is 1. The van der Waals surface area contributed by atoms with Crippen LogP contribution in [0.5, 0.6) is 0 Å². The number of hydrogen-bond donors (Lipinski definition) is 1. The zero-order chi connectivity index (χ0) is 56.1. The molecule has 0 amide bonds. The van der Waals surface area contributed by atoms with Gasteiger partial charge in [-0.25, -0.2) is 0 Å². The van der Waals surface area contributed by atoms with Crippen LogP contribution in [0.3, 0.4) is 0 Å². The maximum Gasteiger partial charge on any atom is 0.316 e. The molecule has 4 fully saturated rings. The molecule has 20 atom stereocenters. The molecule has 0 saturated carbocycles. The normalized spacial score (nSPS) is 43.2. The number of allylic oxidation sites excluding steroid dienone is 2. The molecule has 0 aromatic heterocycles. The van der Waals surface area contributed by atoms with Crippen molar-refractivity contribution in [1.82, 2.24) is 0 Å². The van der Waals surface area contributed by atoms with E-state index in [9.17, 15) is 9.90 Å². The first-order chi connectivity index (χ1) is 35.4. The standard InChI is InChI=1S/C60H100O14Si2/c1-21-35(2)51-38(5)27-28-59(72-51)33-44-30-43(71-59)26-25-37(4)50(36(3)23-22-24-42-34-65-55-52(73-75(17,18)57(9,10)11)39(6)29-45(56(61)68-44)60(42,55)62)69-48-31-46(63-15)53(40(7)66-48)70-49-32-47(64-16)54(41(8)67-49)74-76(19,20)58(12,13)14/h22-25,27-29,35-36,38,40-41,43-55,62H,21,26,30-34H2,1-20H3/b23-22+,37-25+,42-24+/t35-,36-,38-,40-,41-,43+,44-,45-,46-,47-,48+,49-,50+,51+,52+,53-,54-,55+,59+,60+/m0/s1. The molecule has 0 unspecified atom stereocenters. The van der Waals surface area contributed by atoms with Crippen LogP contribution in [0.4, 0.5) is 0 Å². The van der Waals surface area contributed by atoms with Crippen LogP contribution < -0.4 is 0 Å². The van der Waals surface area contributed by atoms with Gasteiger partial charge in [-0.05, 0) is 99.1 Å². The summed E-state index contributed by atoms with van der Waals surface area (Å²) in [5.41, 5.74) is 0.681. The Morgan fingerprint density at radius 1 is 0.776 bits per heavy atom. The van der Waals surface area contributed by atoms with Gasteiger partial charge in [0, 0.05) is 51.7 Å². The van der Waals surface area contributed by atoms with Crippen LogP contribution in [0.25, 0.3) is 0 Å². The van der Waals surface area contributed by atoms with Gasteiger partial charge in [0.15, 0.2) is 35.0 Å². The van der Waals surface area contributed by atoms with Crippen molar-refractivity contribution >= 4 is 22.6 Å². The summed E-state index contributed by atoms with van der Waals surface area (Å²) in [6.45, 7) is 39.1. The second kappa shape index (κ2) is 23.9.